The standard InChI is InChI=1S/C23H23ClN4O2S2/c1-15-13-16(24)14-19-20(15)26-23(32-19)28(8-4-7-27-9-11-30-12-10-27)22(29)21-25-17-5-2-3-6-18(17)31-21/h2-3,5-6,13-14H,4,7-12H2,1H3. The number of carbonyl (C=O) groups excluding carboxylic acids is 1. The Bertz CT molecular complexity index is 1230. The van der Waals surface area contributed by atoms with Crippen molar-refractivity contribution in [2.45, 2.75) is 13.3 Å². The van der Waals surface area contributed by atoms with Crippen LogP contribution in [-0.4, -0.2) is 60.2 Å². The van der Waals surface area contributed by atoms with Crippen molar-refractivity contribution in [1.82, 2.24) is 14.9 Å². The first-order chi connectivity index (χ1) is 15.6. The molecule has 0 N–H and O–H groups in total. The molecule has 1 aliphatic rings. The molecule has 0 unspecified atom stereocenters. The van der Waals surface area contributed by atoms with Gasteiger partial charge in [-0.15, -0.1) is 11.3 Å². The van der Waals surface area contributed by atoms with Crippen LogP contribution in [-0.2, 0) is 4.74 Å². The number of para-hydroxylation sites is 1. The summed E-state index contributed by atoms with van der Waals surface area (Å²) in [6.07, 6.45) is 0.853. The van der Waals surface area contributed by atoms with Crippen LogP contribution >= 0.6 is 34.3 Å². The second-order valence-electron chi connectivity index (χ2n) is 7.82. The molecule has 2 aromatic carbocycles. The lowest BCUT2D eigenvalue weighted by Gasteiger charge is -2.27. The summed E-state index contributed by atoms with van der Waals surface area (Å²) in [6, 6.07) is 11.7. The van der Waals surface area contributed by atoms with Gasteiger partial charge in [0.15, 0.2) is 10.1 Å². The highest BCUT2D eigenvalue weighted by molar-refractivity contribution is 7.23. The van der Waals surface area contributed by atoms with Gasteiger partial charge >= 0.3 is 0 Å². The van der Waals surface area contributed by atoms with Gasteiger partial charge in [0.05, 0.1) is 33.6 Å². The smallest absolute Gasteiger partial charge is 0.289 e. The summed E-state index contributed by atoms with van der Waals surface area (Å²) in [7, 11) is 0. The largest absolute Gasteiger partial charge is 0.379 e. The summed E-state index contributed by atoms with van der Waals surface area (Å²) in [5.74, 6) is -0.101. The van der Waals surface area contributed by atoms with Crippen molar-refractivity contribution in [1.29, 1.82) is 0 Å². The first-order valence-electron chi connectivity index (χ1n) is 10.6. The second kappa shape index (κ2) is 9.41. The van der Waals surface area contributed by atoms with E-state index in [9.17, 15) is 4.79 Å². The molecule has 1 aliphatic heterocycles. The van der Waals surface area contributed by atoms with E-state index < -0.39 is 0 Å². The molecular formula is C23H23ClN4O2S2. The van der Waals surface area contributed by atoms with E-state index in [1.54, 1.807) is 4.90 Å². The number of aromatic nitrogens is 2. The second-order valence-corrected chi connectivity index (χ2v) is 10.3. The van der Waals surface area contributed by atoms with Crippen LogP contribution in [0.5, 0.6) is 0 Å². The fourth-order valence-electron chi connectivity index (χ4n) is 3.90. The fraction of sp³-hybridized carbons (Fsp3) is 0.348. The molecule has 6 nitrogen and oxygen atoms in total. The maximum atomic E-state index is 13.6. The maximum Gasteiger partial charge on any atom is 0.289 e. The normalized spacial score (nSPS) is 14.9. The molecule has 1 fully saturated rings. The average Bonchev–Trinajstić information content (AvgIpc) is 3.41. The van der Waals surface area contributed by atoms with E-state index in [-0.39, 0.29) is 5.91 Å². The van der Waals surface area contributed by atoms with E-state index in [1.165, 1.54) is 22.7 Å². The Labute approximate surface area is 199 Å². The topological polar surface area (TPSA) is 58.6 Å². The van der Waals surface area contributed by atoms with Gasteiger partial charge in [-0.05, 0) is 43.2 Å². The fourth-order valence-corrected chi connectivity index (χ4v) is 6.26. The number of hydrogen-bond donors (Lipinski definition) is 0. The van der Waals surface area contributed by atoms with E-state index in [0.717, 1.165) is 65.3 Å². The molecule has 166 valence electrons. The number of morpholine rings is 1. The van der Waals surface area contributed by atoms with E-state index in [2.05, 4.69) is 9.88 Å². The molecule has 4 aromatic rings. The average molecular weight is 487 g/mol. The molecule has 0 spiro atoms. The van der Waals surface area contributed by atoms with Crippen molar-refractivity contribution in [2.24, 2.45) is 0 Å². The molecule has 0 radical (unpaired) electrons. The number of amides is 1. The van der Waals surface area contributed by atoms with Gasteiger partial charge < -0.3 is 4.74 Å². The molecule has 9 heteroatoms. The van der Waals surface area contributed by atoms with Gasteiger partial charge in [-0.25, -0.2) is 9.97 Å². The number of nitrogens with zero attached hydrogens (tertiary/aromatic N) is 4. The van der Waals surface area contributed by atoms with Crippen molar-refractivity contribution in [2.75, 3.05) is 44.3 Å². The predicted molar refractivity (Wildman–Crippen MR) is 133 cm³/mol. The van der Waals surface area contributed by atoms with Crippen molar-refractivity contribution in [3.8, 4) is 0 Å². The van der Waals surface area contributed by atoms with Crippen LogP contribution in [0.2, 0.25) is 5.02 Å². The van der Waals surface area contributed by atoms with E-state index in [0.29, 0.717) is 21.7 Å². The van der Waals surface area contributed by atoms with Crippen molar-refractivity contribution >= 4 is 65.7 Å². The molecule has 0 aliphatic carbocycles. The Morgan fingerprint density at radius 3 is 2.78 bits per heavy atom. The van der Waals surface area contributed by atoms with Gasteiger partial charge in [-0.3, -0.25) is 14.6 Å². The Kier molecular flexibility index (Phi) is 6.39. The minimum Gasteiger partial charge on any atom is -0.379 e. The maximum absolute atomic E-state index is 13.6. The summed E-state index contributed by atoms with van der Waals surface area (Å²) in [4.78, 5) is 27.2. The zero-order valence-corrected chi connectivity index (χ0v) is 20.1. The summed E-state index contributed by atoms with van der Waals surface area (Å²) in [5.41, 5.74) is 2.75. The molecule has 2 aromatic heterocycles. The number of anilines is 1. The van der Waals surface area contributed by atoms with Crippen LogP contribution in [0.25, 0.3) is 20.4 Å². The highest BCUT2D eigenvalue weighted by atomic mass is 35.5. The van der Waals surface area contributed by atoms with E-state index in [4.69, 9.17) is 21.3 Å². The minimum atomic E-state index is -0.101. The van der Waals surface area contributed by atoms with Gasteiger partial charge in [0.25, 0.3) is 5.91 Å². The number of fused-ring (bicyclic) bond motifs is 2. The summed E-state index contributed by atoms with van der Waals surface area (Å²) in [6.45, 7) is 6.91. The number of benzene rings is 2. The molecule has 32 heavy (non-hydrogen) atoms. The number of aryl methyl sites for hydroxylation is 1. The first-order valence-corrected chi connectivity index (χ1v) is 12.6. The SMILES string of the molecule is Cc1cc(Cl)cc2sc(N(CCCN3CCOCC3)C(=O)c3nc4ccccc4s3)nc12. The van der Waals surface area contributed by atoms with Crippen LogP contribution < -0.4 is 4.90 Å². The summed E-state index contributed by atoms with van der Waals surface area (Å²) in [5, 5.41) is 1.87. The van der Waals surface area contributed by atoms with Crippen LogP contribution in [0.4, 0.5) is 5.13 Å². The third-order valence-electron chi connectivity index (χ3n) is 5.55. The monoisotopic (exact) mass is 486 g/mol. The van der Waals surface area contributed by atoms with Crippen molar-refractivity contribution in [3.05, 3.63) is 52.0 Å². The van der Waals surface area contributed by atoms with Gasteiger partial charge in [0, 0.05) is 31.2 Å². The first kappa shape index (κ1) is 21.7. The third kappa shape index (κ3) is 4.51. The van der Waals surface area contributed by atoms with Gasteiger partial charge in [-0.1, -0.05) is 35.1 Å². The van der Waals surface area contributed by atoms with Crippen molar-refractivity contribution in [3.63, 3.8) is 0 Å². The number of rotatable bonds is 6. The van der Waals surface area contributed by atoms with Gasteiger partial charge in [0.2, 0.25) is 0 Å². The van der Waals surface area contributed by atoms with Crippen LogP contribution in [0.15, 0.2) is 36.4 Å². The zero-order valence-electron chi connectivity index (χ0n) is 17.7. The van der Waals surface area contributed by atoms with Crippen molar-refractivity contribution < 1.29 is 9.53 Å². The van der Waals surface area contributed by atoms with Crippen LogP contribution in [0, 0.1) is 6.92 Å². The predicted octanol–water partition coefficient (Wildman–Crippen LogP) is 5.24. The Morgan fingerprint density at radius 1 is 1.16 bits per heavy atom. The highest BCUT2D eigenvalue weighted by Gasteiger charge is 2.25. The Hall–Kier alpha value is -2.10. The van der Waals surface area contributed by atoms with Crippen LogP contribution in [0.1, 0.15) is 21.8 Å². The molecule has 1 saturated heterocycles. The quantitative estimate of drug-likeness (QED) is 0.373. The number of hydrogen-bond acceptors (Lipinski definition) is 7. The minimum absolute atomic E-state index is 0.101. The Morgan fingerprint density at radius 2 is 1.97 bits per heavy atom. The number of thiazole rings is 2. The summed E-state index contributed by atoms with van der Waals surface area (Å²) >= 11 is 9.19. The molecular weight excluding hydrogens is 464 g/mol. The molecule has 3 heterocycles. The number of halogens is 1. The van der Waals surface area contributed by atoms with Gasteiger partial charge in [0.1, 0.15) is 0 Å². The number of carbonyl (C=O) groups is 1. The zero-order chi connectivity index (χ0) is 22.1. The molecule has 0 bridgehead atoms. The molecule has 5 rings (SSSR count). The molecule has 1 amide bonds. The third-order valence-corrected chi connectivity index (χ3v) is 7.82. The lowest BCUT2D eigenvalue weighted by atomic mass is 10.2. The van der Waals surface area contributed by atoms with E-state index >= 15 is 0 Å². The lowest BCUT2D eigenvalue weighted by molar-refractivity contribution is 0.0376. The van der Waals surface area contributed by atoms with E-state index in [1.807, 2.05) is 43.3 Å². The molecule has 0 saturated carbocycles. The van der Waals surface area contributed by atoms with Gasteiger partial charge in [-0.2, -0.15) is 0 Å². The van der Waals surface area contributed by atoms with Crippen LogP contribution in [0.3, 0.4) is 0 Å². The Balaban J connectivity index is 1.45. The highest BCUT2D eigenvalue weighted by Crippen LogP contribution is 2.34. The molecule has 0 atom stereocenters. The summed E-state index contributed by atoms with van der Waals surface area (Å²) < 4.78 is 7.44. The lowest BCUT2D eigenvalue weighted by Crippen LogP contribution is -2.39. The number of ether oxygens (including phenoxy) is 1.